The lowest BCUT2D eigenvalue weighted by Gasteiger charge is -2.09. The number of benzene rings is 2. The number of ether oxygens (including phenoxy) is 2. The zero-order valence-electron chi connectivity index (χ0n) is 12.2. The van der Waals surface area contributed by atoms with Crippen molar-refractivity contribution < 1.29 is 19.2 Å². The summed E-state index contributed by atoms with van der Waals surface area (Å²) in [6.07, 6.45) is 0. The van der Waals surface area contributed by atoms with Crippen molar-refractivity contribution in [2.24, 2.45) is 0 Å². The zero-order valence-corrected chi connectivity index (χ0v) is 12.2. The number of methoxy groups -OCH3 is 1. The van der Waals surface area contributed by atoms with Crippen molar-refractivity contribution in [2.75, 3.05) is 13.7 Å². The molecule has 2 rings (SSSR count). The fourth-order valence-corrected chi connectivity index (χ4v) is 2.04. The molecule has 0 N–H and O–H groups in total. The molecule has 0 aliphatic heterocycles. The summed E-state index contributed by atoms with van der Waals surface area (Å²) < 4.78 is 10.2. The first-order valence-corrected chi connectivity index (χ1v) is 6.66. The van der Waals surface area contributed by atoms with Crippen LogP contribution in [0.3, 0.4) is 0 Å². The van der Waals surface area contributed by atoms with E-state index in [0.717, 1.165) is 0 Å². The number of nitrogens with zero attached hydrogens (tertiary/aromatic N) is 1. The molecule has 0 saturated carbocycles. The summed E-state index contributed by atoms with van der Waals surface area (Å²) in [5, 5.41) is 10.9. The van der Waals surface area contributed by atoms with Gasteiger partial charge in [-0.25, -0.2) is 4.79 Å². The molecule has 0 heterocycles. The Hall–Kier alpha value is -2.89. The van der Waals surface area contributed by atoms with E-state index in [-0.39, 0.29) is 5.69 Å². The van der Waals surface area contributed by atoms with Gasteiger partial charge in [-0.15, -0.1) is 0 Å². The first-order valence-electron chi connectivity index (χ1n) is 6.66. The van der Waals surface area contributed by atoms with E-state index in [1.807, 2.05) is 0 Å². The Labute approximate surface area is 127 Å². The molecule has 2 aromatic carbocycles. The van der Waals surface area contributed by atoms with Crippen molar-refractivity contribution in [3.63, 3.8) is 0 Å². The van der Waals surface area contributed by atoms with Gasteiger partial charge in [0.25, 0.3) is 5.69 Å². The smallest absolute Gasteiger partial charge is 0.338 e. The second kappa shape index (κ2) is 6.71. The van der Waals surface area contributed by atoms with Crippen molar-refractivity contribution in [1.82, 2.24) is 0 Å². The summed E-state index contributed by atoms with van der Waals surface area (Å²) in [5.41, 5.74) is 1.71. The van der Waals surface area contributed by atoms with Crippen LogP contribution in [0.1, 0.15) is 17.3 Å². The van der Waals surface area contributed by atoms with E-state index in [1.165, 1.54) is 19.2 Å². The van der Waals surface area contributed by atoms with Gasteiger partial charge >= 0.3 is 5.97 Å². The molecule has 22 heavy (non-hydrogen) atoms. The number of nitro benzene ring substituents is 1. The van der Waals surface area contributed by atoms with Gasteiger partial charge in [0.05, 0.1) is 24.2 Å². The molecule has 0 fully saturated rings. The van der Waals surface area contributed by atoms with Crippen LogP contribution in [0.25, 0.3) is 11.1 Å². The topological polar surface area (TPSA) is 78.7 Å². The van der Waals surface area contributed by atoms with Crippen LogP contribution in [0.5, 0.6) is 5.75 Å². The molecule has 0 spiro atoms. The maximum Gasteiger partial charge on any atom is 0.338 e. The van der Waals surface area contributed by atoms with Crippen molar-refractivity contribution in [3.05, 3.63) is 58.1 Å². The molecule has 0 saturated heterocycles. The van der Waals surface area contributed by atoms with E-state index in [4.69, 9.17) is 9.47 Å². The van der Waals surface area contributed by atoms with Gasteiger partial charge < -0.3 is 9.47 Å². The standard InChI is InChI=1S/C16H15NO5/c1-3-22-16(18)12-6-4-11(5-7-12)14-10-13(17(19)20)8-9-15(14)21-2/h4-10H,3H2,1-2H3. The fourth-order valence-electron chi connectivity index (χ4n) is 2.04. The summed E-state index contributed by atoms with van der Waals surface area (Å²) in [5.74, 6) is 0.120. The van der Waals surface area contributed by atoms with Gasteiger partial charge in [-0.1, -0.05) is 12.1 Å². The number of carbonyl (C=O) groups is 1. The van der Waals surface area contributed by atoms with Crippen LogP contribution in [0.2, 0.25) is 0 Å². The summed E-state index contributed by atoms with van der Waals surface area (Å²) in [4.78, 5) is 22.1. The van der Waals surface area contributed by atoms with E-state index in [0.29, 0.717) is 29.0 Å². The highest BCUT2D eigenvalue weighted by Gasteiger charge is 2.14. The largest absolute Gasteiger partial charge is 0.496 e. The lowest BCUT2D eigenvalue weighted by molar-refractivity contribution is -0.384. The van der Waals surface area contributed by atoms with Crippen molar-refractivity contribution in [1.29, 1.82) is 0 Å². The highest BCUT2D eigenvalue weighted by atomic mass is 16.6. The van der Waals surface area contributed by atoms with Gasteiger partial charge in [0.1, 0.15) is 5.75 Å². The fraction of sp³-hybridized carbons (Fsp3) is 0.188. The number of carbonyl (C=O) groups excluding carboxylic acids is 1. The number of nitro groups is 1. The predicted molar refractivity (Wildman–Crippen MR) is 81.0 cm³/mol. The first-order chi connectivity index (χ1) is 10.6. The van der Waals surface area contributed by atoms with Crippen LogP contribution in [-0.2, 0) is 4.74 Å². The monoisotopic (exact) mass is 301 g/mol. The Kier molecular flexibility index (Phi) is 4.73. The maximum atomic E-state index is 11.6. The first kappa shape index (κ1) is 15.5. The summed E-state index contributed by atoms with van der Waals surface area (Å²) >= 11 is 0. The molecule has 0 aromatic heterocycles. The molecule has 0 aliphatic rings. The summed E-state index contributed by atoms with van der Waals surface area (Å²) in [6, 6.07) is 11.0. The number of hydrogen-bond donors (Lipinski definition) is 0. The molecule has 0 amide bonds. The Morgan fingerprint density at radius 3 is 2.41 bits per heavy atom. The third kappa shape index (κ3) is 3.22. The van der Waals surface area contributed by atoms with Gasteiger partial charge in [-0.3, -0.25) is 10.1 Å². The van der Waals surface area contributed by atoms with Gasteiger partial charge in [-0.2, -0.15) is 0 Å². The number of esters is 1. The van der Waals surface area contributed by atoms with E-state index in [2.05, 4.69) is 0 Å². The lowest BCUT2D eigenvalue weighted by Crippen LogP contribution is -2.04. The van der Waals surface area contributed by atoms with Gasteiger partial charge in [0.15, 0.2) is 0 Å². The third-order valence-electron chi connectivity index (χ3n) is 3.10. The Balaban J connectivity index is 2.40. The Bertz CT molecular complexity index is 694. The van der Waals surface area contributed by atoms with Crippen LogP contribution in [0, 0.1) is 10.1 Å². The second-order valence-electron chi connectivity index (χ2n) is 4.44. The van der Waals surface area contributed by atoms with Crippen LogP contribution >= 0.6 is 0 Å². The van der Waals surface area contributed by atoms with E-state index in [9.17, 15) is 14.9 Å². The van der Waals surface area contributed by atoms with Crippen LogP contribution in [0.4, 0.5) is 5.69 Å². The highest BCUT2D eigenvalue weighted by Crippen LogP contribution is 2.33. The molecule has 6 nitrogen and oxygen atoms in total. The molecular weight excluding hydrogens is 286 g/mol. The van der Waals surface area contributed by atoms with Crippen molar-refractivity contribution in [2.45, 2.75) is 6.92 Å². The molecule has 6 heteroatoms. The number of hydrogen-bond acceptors (Lipinski definition) is 5. The maximum absolute atomic E-state index is 11.6. The van der Waals surface area contributed by atoms with Gasteiger partial charge in [0, 0.05) is 17.7 Å². The molecule has 114 valence electrons. The predicted octanol–water partition coefficient (Wildman–Crippen LogP) is 3.45. The van der Waals surface area contributed by atoms with E-state index >= 15 is 0 Å². The molecule has 0 atom stereocenters. The Morgan fingerprint density at radius 1 is 1.18 bits per heavy atom. The van der Waals surface area contributed by atoms with Crippen molar-refractivity contribution in [3.8, 4) is 16.9 Å². The average Bonchev–Trinajstić information content (AvgIpc) is 2.54. The second-order valence-corrected chi connectivity index (χ2v) is 4.44. The van der Waals surface area contributed by atoms with Gasteiger partial charge in [-0.05, 0) is 30.7 Å². The molecule has 0 radical (unpaired) electrons. The minimum absolute atomic E-state index is 0.0229. The zero-order chi connectivity index (χ0) is 16.1. The molecule has 0 aliphatic carbocycles. The van der Waals surface area contributed by atoms with Gasteiger partial charge in [0.2, 0.25) is 0 Å². The van der Waals surface area contributed by atoms with E-state index in [1.54, 1.807) is 37.3 Å². The third-order valence-corrected chi connectivity index (χ3v) is 3.10. The highest BCUT2D eigenvalue weighted by molar-refractivity contribution is 5.90. The quantitative estimate of drug-likeness (QED) is 0.480. The molecule has 0 unspecified atom stereocenters. The number of non-ortho nitro benzene ring substituents is 1. The van der Waals surface area contributed by atoms with Crippen LogP contribution in [0.15, 0.2) is 42.5 Å². The molecular formula is C16H15NO5. The lowest BCUT2D eigenvalue weighted by atomic mass is 10.0. The SMILES string of the molecule is CCOC(=O)c1ccc(-c2cc([N+](=O)[O-])ccc2OC)cc1. The van der Waals surface area contributed by atoms with Crippen LogP contribution < -0.4 is 4.74 Å². The molecule has 0 bridgehead atoms. The molecule has 2 aromatic rings. The average molecular weight is 301 g/mol. The minimum atomic E-state index is -0.462. The summed E-state index contributed by atoms with van der Waals surface area (Å²) in [7, 11) is 1.50. The normalized spacial score (nSPS) is 10.1. The number of rotatable bonds is 5. The van der Waals surface area contributed by atoms with E-state index < -0.39 is 10.9 Å². The minimum Gasteiger partial charge on any atom is -0.496 e. The Morgan fingerprint density at radius 2 is 1.86 bits per heavy atom. The van der Waals surface area contributed by atoms with Crippen LogP contribution in [-0.4, -0.2) is 24.6 Å². The van der Waals surface area contributed by atoms with Crippen molar-refractivity contribution >= 4 is 11.7 Å². The summed E-state index contributed by atoms with van der Waals surface area (Å²) in [6.45, 7) is 2.04.